The number of carbonyl (C=O) groups is 1. The highest BCUT2D eigenvalue weighted by Gasteiger charge is 2.42. The molecule has 1 aromatic heterocycles. The molecule has 0 amide bonds. The minimum absolute atomic E-state index is 0.0525. The van der Waals surface area contributed by atoms with E-state index in [9.17, 15) is 14.7 Å². The van der Waals surface area contributed by atoms with Crippen molar-refractivity contribution < 1.29 is 24.1 Å². The van der Waals surface area contributed by atoms with Crippen molar-refractivity contribution in [1.82, 2.24) is 14.5 Å². The number of hydrogen-bond donors (Lipinski definition) is 2. The molecule has 1 aliphatic rings. The van der Waals surface area contributed by atoms with Crippen molar-refractivity contribution in [3.05, 3.63) is 100 Å². The Morgan fingerprint density at radius 1 is 1.00 bits per heavy atom. The number of nitrogens with zero attached hydrogens (tertiary/aromatic N) is 3. The zero-order valence-electron chi connectivity index (χ0n) is 17.5. The molecule has 0 spiro atoms. The number of esters is 1. The zero-order valence-corrected chi connectivity index (χ0v) is 17.5. The average molecular weight is 450 g/mol. The fourth-order valence-electron chi connectivity index (χ4n) is 3.24. The molecular weight excluding hydrogens is 428 g/mol. The van der Waals surface area contributed by atoms with Crippen LogP contribution >= 0.6 is 0 Å². The van der Waals surface area contributed by atoms with Gasteiger partial charge in [0, 0.05) is 0 Å². The number of aliphatic hydroxyl groups is 1. The van der Waals surface area contributed by atoms with E-state index < -0.39 is 23.9 Å². The molecular formula is C23H22N4O6. The standard InChI is InChI=1S/C23H22N4O6/c24-22-25-14-27(23(30)26-22)11-17(28)18-19(31-12-15-7-3-1-4-8-15)20(21(29)33-18)32-13-16-9-5-2-6-10-16/h1-10,14,17-18,28H,11-13H2,(H2,24,26,30). The maximum absolute atomic E-state index is 12.6. The first kappa shape index (κ1) is 22.0. The normalized spacial score (nSPS) is 16.4. The summed E-state index contributed by atoms with van der Waals surface area (Å²) in [4.78, 5) is 31.9. The maximum atomic E-state index is 12.6. The third-order valence-electron chi connectivity index (χ3n) is 4.88. The van der Waals surface area contributed by atoms with Crippen LogP contribution in [0.15, 0.2) is 83.3 Å². The lowest BCUT2D eigenvalue weighted by Crippen LogP contribution is -2.37. The predicted octanol–water partition coefficient (Wildman–Crippen LogP) is 1.15. The number of nitrogens with two attached hydrogens (primary N) is 1. The first-order valence-electron chi connectivity index (χ1n) is 10.2. The van der Waals surface area contributed by atoms with Gasteiger partial charge in [0.25, 0.3) is 0 Å². The number of rotatable bonds is 9. The Bertz CT molecular complexity index is 1200. The molecule has 2 heterocycles. The third-order valence-corrected chi connectivity index (χ3v) is 4.88. The summed E-state index contributed by atoms with van der Waals surface area (Å²) in [5.74, 6) is -1.02. The molecule has 2 unspecified atom stereocenters. The van der Waals surface area contributed by atoms with Crippen LogP contribution < -0.4 is 11.4 Å². The van der Waals surface area contributed by atoms with Gasteiger partial charge < -0.3 is 25.1 Å². The summed E-state index contributed by atoms with van der Waals surface area (Å²) in [6.45, 7) is -0.0159. The van der Waals surface area contributed by atoms with Crippen LogP contribution in [0.2, 0.25) is 0 Å². The molecule has 0 bridgehead atoms. The van der Waals surface area contributed by atoms with Crippen molar-refractivity contribution in [2.24, 2.45) is 0 Å². The summed E-state index contributed by atoms with van der Waals surface area (Å²) < 4.78 is 18.1. The summed E-state index contributed by atoms with van der Waals surface area (Å²) in [6, 6.07) is 18.6. The quantitative estimate of drug-likeness (QED) is 0.460. The van der Waals surface area contributed by atoms with Gasteiger partial charge in [0.05, 0.1) is 6.54 Å². The topological polar surface area (TPSA) is 139 Å². The van der Waals surface area contributed by atoms with Crippen LogP contribution in [0.1, 0.15) is 11.1 Å². The van der Waals surface area contributed by atoms with Gasteiger partial charge in [-0.25, -0.2) is 14.6 Å². The van der Waals surface area contributed by atoms with Gasteiger partial charge in [-0.3, -0.25) is 4.57 Å². The van der Waals surface area contributed by atoms with Gasteiger partial charge in [0.1, 0.15) is 25.6 Å². The molecule has 10 nitrogen and oxygen atoms in total. The number of anilines is 1. The molecule has 10 heteroatoms. The van der Waals surface area contributed by atoms with E-state index >= 15 is 0 Å². The summed E-state index contributed by atoms with van der Waals surface area (Å²) in [6.07, 6.45) is -1.36. The van der Waals surface area contributed by atoms with E-state index in [0.717, 1.165) is 22.0 Å². The first-order valence-corrected chi connectivity index (χ1v) is 10.2. The monoisotopic (exact) mass is 450 g/mol. The Kier molecular flexibility index (Phi) is 6.65. The number of ether oxygens (including phenoxy) is 3. The van der Waals surface area contributed by atoms with Gasteiger partial charge in [0.2, 0.25) is 11.7 Å². The minimum atomic E-state index is -1.33. The lowest BCUT2D eigenvalue weighted by atomic mass is 10.1. The fraction of sp³-hybridized carbons (Fsp3) is 0.217. The molecule has 0 fully saturated rings. The van der Waals surface area contributed by atoms with Gasteiger partial charge in [-0.1, -0.05) is 60.7 Å². The van der Waals surface area contributed by atoms with Crippen LogP contribution in [0, 0.1) is 0 Å². The van der Waals surface area contributed by atoms with E-state index in [1.54, 1.807) is 0 Å². The second-order valence-electron chi connectivity index (χ2n) is 7.28. The highest BCUT2D eigenvalue weighted by atomic mass is 16.6. The molecule has 33 heavy (non-hydrogen) atoms. The van der Waals surface area contributed by atoms with E-state index in [4.69, 9.17) is 19.9 Å². The predicted molar refractivity (Wildman–Crippen MR) is 116 cm³/mol. The molecule has 0 radical (unpaired) electrons. The Hall–Kier alpha value is -4.18. The van der Waals surface area contributed by atoms with Crippen molar-refractivity contribution >= 4 is 11.9 Å². The first-order chi connectivity index (χ1) is 16.0. The van der Waals surface area contributed by atoms with E-state index in [2.05, 4.69) is 9.97 Å². The highest BCUT2D eigenvalue weighted by Crippen LogP contribution is 2.29. The molecule has 2 aromatic carbocycles. The Morgan fingerprint density at radius 2 is 1.61 bits per heavy atom. The van der Waals surface area contributed by atoms with Crippen LogP contribution in [0.5, 0.6) is 0 Å². The van der Waals surface area contributed by atoms with E-state index in [1.807, 2.05) is 60.7 Å². The van der Waals surface area contributed by atoms with E-state index in [-0.39, 0.29) is 37.2 Å². The third kappa shape index (κ3) is 5.36. The van der Waals surface area contributed by atoms with Crippen molar-refractivity contribution in [3.8, 4) is 0 Å². The molecule has 4 rings (SSSR count). The van der Waals surface area contributed by atoms with Gasteiger partial charge in [-0.2, -0.15) is 4.98 Å². The van der Waals surface area contributed by atoms with Crippen molar-refractivity contribution in [2.75, 3.05) is 5.73 Å². The van der Waals surface area contributed by atoms with E-state index in [0.29, 0.717) is 0 Å². The second kappa shape index (κ2) is 9.96. The number of aromatic nitrogens is 3. The SMILES string of the molecule is Nc1ncn(CC(O)C2OC(=O)C(OCc3ccccc3)=C2OCc2ccccc2)c(=O)n1. The summed E-state index contributed by atoms with van der Waals surface area (Å²) in [5, 5.41) is 10.8. The lowest BCUT2D eigenvalue weighted by Gasteiger charge is -2.20. The Morgan fingerprint density at radius 3 is 2.21 bits per heavy atom. The largest absolute Gasteiger partial charge is 0.485 e. The molecule has 3 aromatic rings. The molecule has 170 valence electrons. The zero-order chi connectivity index (χ0) is 23.2. The molecule has 0 saturated heterocycles. The van der Waals surface area contributed by atoms with Crippen LogP contribution in [0.25, 0.3) is 0 Å². The van der Waals surface area contributed by atoms with Crippen LogP contribution in [-0.2, 0) is 38.8 Å². The van der Waals surface area contributed by atoms with Gasteiger partial charge >= 0.3 is 11.7 Å². The maximum Gasteiger partial charge on any atom is 0.378 e. The van der Waals surface area contributed by atoms with Gasteiger partial charge in [-0.05, 0) is 11.1 Å². The highest BCUT2D eigenvalue weighted by molar-refractivity contribution is 5.89. The number of benzene rings is 2. The van der Waals surface area contributed by atoms with Gasteiger partial charge in [-0.15, -0.1) is 0 Å². The molecule has 2 atom stereocenters. The molecule has 0 saturated carbocycles. The van der Waals surface area contributed by atoms with Crippen molar-refractivity contribution in [3.63, 3.8) is 0 Å². The van der Waals surface area contributed by atoms with Crippen molar-refractivity contribution in [2.45, 2.75) is 32.0 Å². The van der Waals surface area contributed by atoms with Crippen molar-refractivity contribution in [1.29, 1.82) is 0 Å². The molecule has 3 N–H and O–H groups in total. The van der Waals surface area contributed by atoms with Crippen LogP contribution in [0.3, 0.4) is 0 Å². The smallest absolute Gasteiger partial charge is 0.378 e. The lowest BCUT2D eigenvalue weighted by molar-refractivity contribution is -0.148. The molecule has 0 aliphatic carbocycles. The number of aliphatic hydroxyl groups excluding tert-OH is 1. The van der Waals surface area contributed by atoms with Crippen LogP contribution in [-0.4, -0.2) is 37.8 Å². The van der Waals surface area contributed by atoms with Crippen LogP contribution in [0.4, 0.5) is 5.95 Å². The summed E-state index contributed by atoms with van der Waals surface area (Å²) >= 11 is 0. The number of carbonyl (C=O) groups excluding carboxylic acids is 1. The fourth-order valence-corrected chi connectivity index (χ4v) is 3.24. The summed E-state index contributed by atoms with van der Waals surface area (Å²) in [7, 11) is 0. The number of hydrogen-bond acceptors (Lipinski definition) is 9. The second-order valence-corrected chi connectivity index (χ2v) is 7.28. The average Bonchev–Trinajstić information content (AvgIpc) is 3.14. The number of cyclic esters (lactones) is 1. The molecule has 1 aliphatic heterocycles. The number of nitrogen functional groups attached to an aromatic ring is 1. The van der Waals surface area contributed by atoms with Gasteiger partial charge in [0.15, 0.2) is 11.9 Å². The van der Waals surface area contributed by atoms with E-state index in [1.165, 1.54) is 0 Å². The Balaban J connectivity index is 1.57. The Labute approximate surface area is 188 Å². The summed E-state index contributed by atoms with van der Waals surface area (Å²) in [5.41, 5.74) is 6.40. The minimum Gasteiger partial charge on any atom is -0.485 e.